The van der Waals surface area contributed by atoms with E-state index in [1.807, 2.05) is 42.5 Å². The third-order valence-electron chi connectivity index (χ3n) is 9.13. The van der Waals surface area contributed by atoms with Crippen molar-refractivity contribution in [3.8, 4) is 44.5 Å². The molecule has 7 aromatic rings. The first-order valence-electron chi connectivity index (χ1n) is 15.2. The Kier molecular flexibility index (Phi) is 8.67. The smallest absolute Gasteiger partial charge is 0.258 e. The molecule has 20 radical (unpaired) electrons. The molecule has 0 fully saturated rings. The number of nitro groups is 1. The Hall–Kier alpha value is -4.41. The maximum Gasteiger partial charge on any atom is 0.277 e. The lowest BCUT2D eigenvalue weighted by Crippen LogP contribution is -2.55. The molecular weight excluding hydrogens is 619 g/mol. The van der Waals surface area contributed by atoms with E-state index in [2.05, 4.69) is 0 Å². The lowest BCUT2D eigenvalue weighted by molar-refractivity contribution is -0.384. The molecule has 3 nitrogen and oxygen atoms in total. The number of nitro benzene ring substituents is 1. The van der Waals surface area contributed by atoms with Crippen molar-refractivity contribution in [3.05, 3.63) is 89.0 Å². The van der Waals surface area contributed by atoms with E-state index in [-0.39, 0.29) is 60.3 Å². The second kappa shape index (κ2) is 12.7. The van der Waals surface area contributed by atoms with Gasteiger partial charge in [0.05, 0.1) is 10.5 Å². The molecule has 0 aliphatic rings. The van der Waals surface area contributed by atoms with Crippen molar-refractivity contribution in [1.29, 1.82) is 0 Å². The highest BCUT2D eigenvalue weighted by atomic mass is 32.1. The van der Waals surface area contributed by atoms with Crippen LogP contribution in [0.1, 0.15) is 0 Å². The summed E-state index contributed by atoms with van der Waals surface area (Å²) in [4.78, 5) is 12.3. The Morgan fingerprint density at radius 2 is 0.940 bits per heavy atom. The van der Waals surface area contributed by atoms with Crippen molar-refractivity contribution in [3.63, 3.8) is 0 Å². The average Bonchev–Trinajstić information content (AvgIpc) is 3.50. The monoisotopic (exact) mass is 633 g/mol. The molecule has 0 amide bonds. The van der Waals surface area contributed by atoms with Gasteiger partial charge in [-0.2, -0.15) is 0 Å². The van der Waals surface area contributed by atoms with Crippen LogP contribution in [-0.2, 0) is 0 Å². The van der Waals surface area contributed by atoms with E-state index in [0.29, 0.717) is 38.9 Å². The maximum atomic E-state index is 12.7. The summed E-state index contributed by atoms with van der Waals surface area (Å²) in [5, 5.41) is 14.8. The van der Waals surface area contributed by atoms with Gasteiger partial charge >= 0.3 is 0 Å². The summed E-state index contributed by atoms with van der Waals surface area (Å²) in [5.41, 5.74) is 4.28. The second-order valence-corrected chi connectivity index (χ2v) is 13.0. The molecule has 0 aliphatic carbocycles. The molecule has 50 heavy (non-hydrogen) atoms. The predicted octanol–water partition coefficient (Wildman–Crippen LogP) is -1.43. The topological polar surface area (TPSA) is 43.1 Å². The van der Waals surface area contributed by atoms with E-state index in [1.54, 1.807) is 41.7 Å². The molecule has 0 aliphatic heterocycles. The van der Waals surface area contributed by atoms with E-state index in [0.717, 1.165) is 25.7 Å². The van der Waals surface area contributed by atoms with Crippen LogP contribution < -0.4 is 54.6 Å². The SMILES string of the molecule is [B]c1c([B])c([B])c(-c2cc(-c3ccc(-c4cccc5c4sc4ccccc45)c([N+](=O)[O-])c3)cc(-c3c([B])c([B])c([B])c([B])c3[B])c2)c([B])c1[B]. The second-order valence-electron chi connectivity index (χ2n) is 12.0. The minimum absolute atomic E-state index is 0.0487. The van der Waals surface area contributed by atoms with Crippen LogP contribution in [0.15, 0.2) is 78.9 Å². The average molecular weight is 632 g/mol. The first-order chi connectivity index (χ1) is 23.8. The summed E-state index contributed by atoms with van der Waals surface area (Å²) in [6.45, 7) is 0. The van der Waals surface area contributed by atoms with Crippen LogP contribution in [-0.4, -0.2) is 83.4 Å². The van der Waals surface area contributed by atoms with Gasteiger partial charge in [-0.3, -0.25) is 10.1 Å². The molecule has 0 spiro atoms. The molecular formula is C36H13B10NO2S. The molecule has 0 atom stereocenters. The zero-order valence-corrected chi connectivity index (χ0v) is 27.3. The Morgan fingerprint density at radius 3 is 1.48 bits per heavy atom. The molecule has 210 valence electrons. The third-order valence-corrected chi connectivity index (χ3v) is 10.4. The summed E-state index contributed by atoms with van der Waals surface area (Å²) in [6, 6.07) is 24.1. The number of hydrogen-bond acceptors (Lipinski definition) is 3. The summed E-state index contributed by atoms with van der Waals surface area (Å²) in [6.07, 6.45) is 0. The molecule has 0 unspecified atom stereocenters. The largest absolute Gasteiger partial charge is 0.277 e. The Balaban J connectivity index is 1.50. The summed E-state index contributed by atoms with van der Waals surface area (Å²) < 4.78 is 2.03. The molecule has 1 heterocycles. The molecule has 6 aromatic carbocycles. The Labute approximate surface area is 307 Å². The Bertz CT molecular complexity index is 2460. The van der Waals surface area contributed by atoms with E-state index < -0.39 is 4.92 Å². The summed E-state index contributed by atoms with van der Waals surface area (Å²) in [5.74, 6) is 0. The van der Waals surface area contributed by atoms with Crippen LogP contribution in [0, 0.1) is 10.1 Å². The van der Waals surface area contributed by atoms with Gasteiger partial charge in [-0.1, -0.05) is 64.3 Å². The highest BCUT2D eigenvalue weighted by Gasteiger charge is 2.22. The standard InChI is InChI=1S/C36H13B10NO2S/c37-26-24(27(38)31(42)34(45)30(26)41)16-10-15(11-17(12-16)25-28(39)32(43)35(46)33(44)29(25)40)14-8-9-18(22(13-14)47(48)49)20-5-3-6-21-19-4-1-2-7-23(19)50-36(20)21/h1-13H. The minimum atomic E-state index is -0.398. The van der Waals surface area contributed by atoms with E-state index in [1.165, 1.54) is 6.07 Å². The highest BCUT2D eigenvalue weighted by Crippen LogP contribution is 2.43. The van der Waals surface area contributed by atoms with Crippen LogP contribution >= 0.6 is 11.3 Å². The third kappa shape index (κ3) is 5.35. The Morgan fingerprint density at radius 1 is 0.460 bits per heavy atom. The molecule has 0 saturated heterocycles. The quantitative estimate of drug-likeness (QED) is 0.133. The van der Waals surface area contributed by atoms with Gasteiger partial charge < -0.3 is 0 Å². The lowest BCUT2D eigenvalue weighted by atomic mass is 9.59. The van der Waals surface area contributed by atoms with Gasteiger partial charge in [-0.25, -0.2) is 0 Å². The van der Waals surface area contributed by atoms with Crippen molar-refractivity contribution in [2.75, 3.05) is 0 Å². The van der Waals surface area contributed by atoms with E-state index >= 15 is 0 Å². The van der Waals surface area contributed by atoms with E-state index in [4.69, 9.17) is 78.5 Å². The summed E-state index contributed by atoms with van der Waals surface area (Å²) in [7, 11) is 63.0. The van der Waals surface area contributed by atoms with Crippen LogP contribution in [0.5, 0.6) is 0 Å². The molecule has 14 heteroatoms. The lowest BCUT2D eigenvalue weighted by Gasteiger charge is -2.24. The normalized spacial score (nSPS) is 11.4. The molecule has 0 saturated carbocycles. The number of hydrogen-bond donors (Lipinski definition) is 0. The summed E-state index contributed by atoms with van der Waals surface area (Å²) >= 11 is 1.59. The molecule has 7 rings (SSSR count). The predicted molar refractivity (Wildman–Crippen MR) is 222 cm³/mol. The molecule has 0 N–H and O–H groups in total. The zero-order chi connectivity index (χ0) is 35.8. The van der Waals surface area contributed by atoms with Gasteiger partial charge in [-0.05, 0) is 63.7 Å². The van der Waals surface area contributed by atoms with Gasteiger partial charge in [0.25, 0.3) is 5.69 Å². The van der Waals surface area contributed by atoms with Crippen LogP contribution in [0.2, 0.25) is 0 Å². The fourth-order valence-corrected chi connectivity index (χ4v) is 7.68. The van der Waals surface area contributed by atoms with Gasteiger partial charge in [0.2, 0.25) is 0 Å². The van der Waals surface area contributed by atoms with Crippen molar-refractivity contribution in [2.45, 2.75) is 0 Å². The van der Waals surface area contributed by atoms with Crippen LogP contribution in [0.4, 0.5) is 5.69 Å². The number of thiophene rings is 1. The van der Waals surface area contributed by atoms with Crippen molar-refractivity contribution < 1.29 is 4.92 Å². The van der Waals surface area contributed by atoms with Gasteiger partial charge in [0, 0.05) is 31.8 Å². The fraction of sp³-hybridized carbons (Fsp3) is 0. The molecule has 0 bridgehead atoms. The first kappa shape index (κ1) is 34.1. The maximum absolute atomic E-state index is 12.7. The van der Waals surface area contributed by atoms with Gasteiger partial charge in [-0.15, -0.1) is 44.1 Å². The van der Waals surface area contributed by atoms with Gasteiger partial charge in [0.15, 0.2) is 0 Å². The number of nitrogens with zero attached hydrogens (tertiary/aromatic N) is 1. The first-order valence-corrected chi connectivity index (χ1v) is 16.0. The number of rotatable bonds is 5. The van der Waals surface area contributed by atoms with Crippen molar-refractivity contribution in [2.24, 2.45) is 0 Å². The number of fused-ring (bicyclic) bond motifs is 3. The van der Waals surface area contributed by atoms with E-state index in [9.17, 15) is 10.1 Å². The fourth-order valence-electron chi connectivity index (χ4n) is 6.45. The van der Waals surface area contributed by atoms with Crippen LogP contribution in [0.25, 0.3) is 64.7 Å². The van der Waals surface area contributed by atoms with Crippen molar-refractivity contribution >= 4 is 170 Å². The highest BCUT2D eigenvalue weighted by molar-refractivity contribution is 7.26. The molecule has 1 aromatic heterocycles. The van der Waals surface area contributed by atoms with Gasteiger partial charge in [0.1, 0.15) is 78.5 Å². The minimum Gasteiger partial charge on any atom is -0.258 e. The number of benzene rings is 6. The van der Waals surface area contributed by atoms with Crippen molar-refractivity contribution in [1.82, 2.24) is 0 Å². The van der Waals surface area contributed by atoms with Crippen LogP contribution in [0.3, 0.4) is 0 Å². The zero-order valence-electron chi connectivity index (χ0n) is 26.5.